The van der Waals surface area contributed by atoms with E-state index in [9.17, 15) is 14.7 Å². The maximum atomic E-state index is 12.5. The summed E-state index contributed by atoms with van der Waals surface area (Å²) >= 11 is 2.56. The van der Waals surface area contributed by atoms with Crippen molar-refractivity contribution in [3.05, 3.63) is 56.6 Å². The molecule has 172 valence electrons. The van der Waals surface area contributed by atoms with Gasteiger partial charge in [-0.25, -0.2) is 5.43 Å². The Morgan fingerprint density at radius 3 is 2.70 bits per heavy atom. The molecule has 0 radical (unpaired) electrons. The lowest BCUT2D eigenvalue weighted by Crippen LogP contribution is -2.29. The molecular weight excluding hydrogens is 458 g/mol. The van der Waals surface area contributed by atoms with Crippen LogP contribution in [0.4, 0.5) is 0 Å². The molecule has 0 spiro atoms. The third-order valence-corrected chi connectivity index (χ3v) is 7.61. The fourth-order valence-corrected chi connectivity index (χ4v) is 5.50. The Labute approximate surface area is 200 Å². The molecule has 0 bridgehead atoms. The van der Waals surface area contributed by atoms with Gasteiger partial charge in [-0.3, -0.25) is 9.59 Å². The average molecular weight is 484 g/mol. The maximum Gasteiger partial charge on any atom is 0.281 e. The molecule has 0 saturated heterocycles. The number of carbonyl (C=O) groups excluding carboxylic acids is 2. The van der Waals surface area contributed by atoms with Crippen molar-refractivity contribution in [1.29, 1.82) is 0 Å². The third-order valence-electron chi connectivity index (χ3n) is 5.52. The highest BCUT2D eigenvalue weighted by Gasteiger charge is 2.20. The Morgan fingerprint density at radius 1 is 1.18 bits per heavy atom. The van der Waals surface area contributed by atoms with Gasteiger partial charge in [0.05, 0.1) is 32.5 Å². The van der Waals surface area contributed by atoms with Crippen LogP contribution in [0.3, 0.4) is 0 Å². The minimum Gasteiger partial charge on any atom is -0.506 e. The summed E-state index contributed by atoms with van der Waals surface area (Å²) in [5.74, 6) is 0.549. The molecule has 0 saturated carbocycles. The topological polar surface area (TPSA) is 91.2 Å². The number of hydrazone groups is 1. The van der Waals surface area contributed by atoms with Crippen LogP contribution in [-0.2, 0) is 6.42 Å². The van der Waals surface area contributed by atoms with Crippen molar-refractivity contribution < 1.29 is 19.4 Å². The number of ether oxygens (including phenoxy) is 1. The van der Waals surface area contributed by atoms with Crippen LogP contribution in [0.25, 0.3) is 10.4 Å². The summed E-state index contributed by atoms with van der Waals surface area (Å²) in [5, 5.41) is 16.8. The van der Waals surface area contributed by atoms with Gasteiger partial charge in [-0.2, -0.15) is 5.10 Å². The molecular formula is C24H25N3O4S2. The van der Waals surface area contributed by atoms with E-state index in [2.05, 4.69) is 10.5 Å². The first-order chi connectivity index (χ1) is 15.9. The number of carbonyl (C=O) groups is 2. The lowest BCUT2D eigenvalue weighted by atomic mass is 10.1. The van der Waals surface area contributed by atoms with Crippen molar-refractivity contribution in [1.82, 2.24) is 10.3 Å². The van der Waals surface area contributed by atoms with E-state index in [1.807, 2.05) is 37.4 Å². The molecule has 2 aromatic heterocycles. The smallest absolute Gasteiger partial charge is 0.281 e. The number of hydrogen-bond acceptors (Lipinski definition) is 7. The molecule has 3 heterocycles. The van der Waals surface area contributed by atoms with Gasteiger partial charge in [0.2, 0.25) is 0 Å². The Morgan fingerprint density at radius 2 is 1.94 bits per heavy atom. The lowest BCUT2D eigenvalue weighted by Gasteiger charge is -2.17. The van der Waals surface area contributed by atoms with Gasteiger partial charge in [0.1, 0.15) is 11.5 Å². The van der Waals surface area contributed by atoms with Crippen LogP contribution in [-0.4, -0.2) is 47.2 Å². The van der Waals surface area contributed by atoms with Gasteiger partial charge >= 0.3 is 0 Å². The number of thiophene rings is 2. The van der Waals surface area contributed by atoms with E-state index >= 15 is 0 Å². The van der Waals surface area contributed by atoms with Crippen molar-refractivity contribution >= 4 is 40.2 Å². The van der Waals surface area contributed by atoms with Gasteiger partial charge in [0.25, 0.3) is 11.8 Å². The van der Waals surface area contributed by atoms with Crippen LogP contribution in [0.1, 0.15) is 51.2 Å². The number of fused-ring (bicyclic) bond motifs is 1. The number of aromatic hydroxyl groups is 1. The van der Waals surface area contributed by atoms with Gasteiger partial charge in [0.15, 0.2) is 0 Å². The predicted molar refractivity (Wildman–Crippen MR) is 132 cm³/mol. The summed E-state index contributed by atoms with van der Waals surface area (Å²) in [4.78, 5) is 28.4. The molecule has 9 heteroatoms. The molecule has 0 aliphatic carbocycles. The standard InChI is InChI=1S/C24H25N3O4S2/c1-4-27(5-2)24(30)20-9-8-19(33-20)23(29)26-25-14(3)17-13-32-22(21(17)28)16-6-7-18-15(12-16)10-11-31-18/h6-9,12-13,28H,4-5,10-11H2,1-3H3,(H,26,29)/b25-14+. The van der Waals surface area contributed by atoms with E-state index < -0.39 is 5.91 Å². The summed E-state index contributed by atoms with van der Waals surface area (Å²) in [6.07, 6.45) is 0.861. The zero-order valence-electron chi connectivity index (χ0n) is 18.7. The quantitative estimate of drug-likeness (QED) is 0.375. The minimum absolute atomic E-state index is 0.0856. The van der Waals surface area contributed by atoms with Gasteiger partial charge in [-0.05, 0) is 62.2 Å². The molecule has 3 aromatic rings. The van der Waals surface area contributed by atoms with Crippen LogP contribution < -0.4 is 10.2 Å². The summed E-state index contributed by atoms with van der Waals surface area (Å²) in [5.41, 5.74) is 5.64. The zero-order valence-corrected chi connectivity index (χ0v) is 20.3. The predicted octanol–water partition coefficient (Wildman–Crippen LogP) is 4.75. The van der Waals surface area contributed by atoms with Crippen molar-refractivity contribution in [3.8, 4) is 21.9 Å². The van der Waals surface area contributed by atoms with E-state index in [0.29, 0.717) is 40.7 Å². The SMILES string of the molecule is CCN(CC)C(=O)c1ccc(C(=O)N/N=C(\C)c2csc(-c3ccc4c(c3)CCO4)c2O)s1. The Bertz CT molecular complexity index is 1220. The second-order valence-corrected chi connectivity index (χ2v) is 9.49. The molecule has 0 unspecified atom stereocenters. The number of benzene rings is 1. The largest absolute Gasteiger partial charge is 0.506 e. The number of amides is 2. The summed E-state index contributed by atoms with van der Waals surface area (Å²) < 4.78 is 5.55. The number of hydrogen-bond donors (Lipinski definition) is 2. The van der Waals surface area contributed by atoms with Crippen LogP contribution in [0, 0.1) is 0 Å². The first-order valence-corrected chi connectivity index (χ1v) is 12.4. The summed E-state index contributed by atoms with van der Waals surface area (Å²) in [7, 11) is 0. The van der Waals surface area contributed by atoms with Crippen molar-refractivity contribution in [2.24, 2.45) is 5.10 Å². The van der Waals surface area contributed by atoms with E-state index in [0.717, 1.165) is 39.5 Å². The molecule has 2 N–H and O–H groups in total. The summed E-state index contributed by atoms with van der Waals surface area (Å²) in [6.45, 7) is 7.48. The number of nitrogens with one attached hydrogen (secondary N) is 1. The molecule has 1 aliphatic heterocycles. The molecule has 33 heavy (non-hydrogen) atoms. The summed E-state index contributed by atoms with van der Waals surface area (Å²) in [6, 6.07) is 9.19. The monoisotopic (exact) mass is 483 g/mol. The lowest BCUT2D eigenvalue weighted by molar-refractivity contribution is 0.0777. The van der Waals surface area contributed by atoms with Crippen LogP contribution in [0.2, 0.25) is 0 Å². The second-order valence-electron chi connectivity index (χ2n) is 7.53. The van der Waals surface area contributed by atoms with Crippen LogP contribution >= 0.6 is 22.7 Å². The first-order valence-electron chi connectivity index (χ1n) is 10.7. The van der Waals surface area contributed by atoms with Gasteiger partial charge < -0.3 is 14.7 Å². The second kappa shape index (κ2) is 9.76. The normalized spacial score (nSPS) is 12.9. The molecule has 0 atom stereocenters. The van der Waals surface area contributed by atoms with Gasteiger partial charge in [0, 0.05) is 24.9 Å². The Hall–Kier alpha value is -3.17. The first kappa shape index (κ1) is 23.0. The van der Waals surface area contributed by atoms with E-state index in [4.69, 9.17) is 4.74 Å². The Balaban J connectivity index is 1.47. The van der Waals surface area contributed by atoms with Gasteiger partial charge in [-0.1, -0.05) is 0 Å². The van der Waals surface area contributed by atoms with E-state index in [1.165, 1.54) is 11.3 Å². The van der Waals surface area contributed by atoms with Crippen molar-refractivity contribution in [2.75, 3.05) is 19.7 Å². The van der Waals surface area contributed by atoms with Crippen LogP contribution in [0.5, 0.6) is 11.5 Å². The fraction of sp³-hybridized carbons (Fsp3) is 0.292. The van der Waals surface area contributed by atoms with Crippen molar-refractivity contribution in [2.45, 2.75) is 27.2 Å². The fourth-order valence-electron chi connectivity index (χ4n) is 3.63. The maximum absolute atomic E-state index is 12.5. The number of rotatable bonds is 7. The molecule has 1 aliphatic rings. The van der Waals surface area contributed by atoms with Crippen LogP contribution in [0.15, 0.2) is 40.8 Å². The third kappa shape index (κ3) is 4.65. The minimum atomic E-state index is -0.397. The highest BCUT2D eigenvalue weighted by Crippen LogP contribution is 2.40. The number of nitrogens with zero attached hydrogens (tertiary/aromatic N) is 2. The molecule has 1 aromatic carbocycles. The Kier molecular flexibility index (Phi) is 6.80. The van der Waals surface area contributed by atoms with E-state index in [1.54, 1.807) is 24.0 Å². The molecule has 7 nitrogen and oxygen atoms in total. The highest BCUT2D eigenvalue weighted by atomic mass is 32.1. The molecule has 2 amide bonds. The highest BCUT2D eigenvalue weighted by molar-refractivity contribution is 7.16. The van der Waals surface area contributed by atoms with Gasteiger partial charge in [-0.15, -0.1) is 22.7 Å². The molecule has 4 rings (SSSR count). The van der Waals surface area contributed by atoms with E-state index in [-0.39, 0.29) is 11.7 Å². The average Bonchev–Trinajstić information content (AvgIpc) is 3.57. The zero-order chi connectivity index (χ0) is 23.5. The van der Waals surface area contributed by atoms with Crippen molar-refractivity contribution in [3.63, 3.8) is 0 Å². The molecule has 0 fully saturated rings.